The molecule has 2 fully saturated rings. The van der Waals surface area contributed by atoms with Crippen molar-refractivity contribution in [2.24, 2.45) is 23.5 Å². The van der Waals surface area contributed by atoms with Crippen molar-refractivity contribution in [2.75, 3.05) is 26.2 Å². The molecule has 0 bridgehead atoms. The predicted molar refractivity (Wildman–Crippen MR) is 81.4 cm³/mol. The third kappa shape index (κ3) is 3.35. The molecule has 2 saturated heterocycles. The lowest BCUT2D eigenvalue weighted by atomic mass is 9.94. The summed E-state index contributed by atoms with van der Waals surface area (Å²) in [6.07, 6.45) is 3.07. The van der Waals surface area contributed by atoms with Gasteiger partial charge in [0.05, 0.1) is 0 Å². The molecule has 2 aliphatic rings. The highest BCUT2D eigenvalue weighted by molar-refractivity contribution is 7.86. The molecule has 4 unspecified atom stereocenters. The maximum atomic E-state index is 12.9. The van der Waals surface area contributed by atoms with Gasteiger partial charge < -0.3 is 5.73 Å². The van der Waals surface area contributed by atoms with Crippen LogP contribution in [0.1, 0.15) is 40.0 Å². The molecule has 0 aromatic rings. The van der Waals surface area contributed by atoms with Crippen LogP contribution in [-0.2, 0) is 10.2 Å². The second-order valence-electron chi connectivity index (χ2n) is 6.87. The Morgan fingerprint density at radius 1 is 1.05 bits per heavy atom. The van der Waals surface area contributed by atoms with Gasteiger partial charge in [0.25, 0.3) is 10.2 Å². The van der Waals surface area contributed by atoms with Crippen molar-refractivity contribution in [1.29, 1.82) is 0 Å². The van der Waals surface area contributed by atoms with E-state index in [0.717, 1.165) is 19.3 Å². The number of hydrogen-bond donors (Lipinski definition) is 1. The van der Waals surface area contributed by atoms with E-state index in [2.05, 4.69) is 13.8 Å². The van der Waals surface area contributed by atoms with Gasteiger partial charge in [0.15, 0.2) is 0 Å². The minimum atomic E-state index is -3.33. The van der Waals surface area contributed by atoms with Gasteiger partial charge in [-0.3, -0.25) is 0 Å². The van der Waals surface area contributed by atoms with Crippen LogP contribution < -0.4 is 5.73 Å². The van der Waals surface area contributed by atoms with E-state index in [4.69, 9.17) is 5.73 Å². The molecule has 0 aliphatic carbocycles. The molecular formula is C14H29N3O2S. The standard InChI is InChI=1S/C14H29N3O2S/c1-11-6-12(2)9-16(8-11)20(18,19)17-10-14(7-15)5-4-13(17)3/h11-14H,4-10,15H2,1-3H3. The summed E-state index contributed by atoms with van der Waals surface area (Å²) in [5, 5.41) is 0. The first kappa shape index (κ1) is 16.2. The molecule has 0 aromatic carbocycles. The molecule has 118 valence electrons. The summed E-state index contributed by atoms with van der Waals surface area (Å²) >= 11 is 0. The largest absolute Gasteiger partial charge is 0.330 e. The minimum Gasteiger partial charge on any atom is -0.330 e. The lowest BCUT2D eigenvalue weighted by molar-refractivity contribution is 0.170. The Morgan fingerprint density at radius 2 is 1.65 bits per heavy atom. The van der Waals surface area contributed by atoms with Crippen molar-refractivity contribution in [3.8, 4) is 0 Å². The van der Waals surface area contributed by atoms with Crippen LogP contribution >= 0.6 is 0 Å². The molecule has 0 amide bonds. The highest BCUT2D eigenvalue weighted by atomic mass is 32.2. The molecule has 20 heavy (non-hydrogen) atoms. The van der Waals surface area contributed by atoms with Gasteiger partial charge in [-0.2, -0.15) is 17.0 Å². The number of nitrogens with two attached hydrogens (primary N) is 1. The zero-order valence-corrected chi connectivity index (χ0v) is 13.8. The fourth-order valence-electron chi connectivity index (χ4n) is 3.60. The maximum Gasteiger partial charge on any atom is 0.282 e. The van der Waals surface area contributed by atoms with Gasteiger partial charge in [0, 0.05) is 25.7 Å². The Bertz CT molecular complexity index is 416. The molecule has 2 heterocycles. The zero-order valence-electron chi connectivity index (χ0n) is 13.0. The highest BCUT2D eigenvalue weighted by Crippen LogP contribution is 2.29. The van der Waals surface area contributed by atoms with E-state index in [1.165, 1.54) is 0 Å². The van der Waals surface area contributed by atoms with E-state index < -0.39 is 10.2 Å². The van der Waals surface area contributed by atoms with Crippen LogP contribution in [0.25, 0.3) is 0 Å². The molecule has 0 saturated carbocycles. The smallest absolute Gasteiger partial charge is 0.282 e. The fourth-order valence-corrected chi connectivity index (χ4v) is 5.74. The van der Waals surface area contributed by atoms with E-state index in [9.17, 15) is 8.42 Å². The first-order chi connectivity index (χ1) is 9.34. The average Bonchev–Trinajstić information content (AvgIpc) is 2.38. The monoisotopic (exact) mass is 303 g/mol. The van der Waals surface area contributed by atoms with Crippen molar-refractivity contribution in [1.82, 2.24) is 8.61 Å². The van der Waals surface area contributed by atoms with Crippen LogP contribution in [0.5, 0.6) is 0 Å². The van der Waals surface area contributed by atoms with Gasteiger partial charge in [0.2, 0.25) is 0 Å². The number of rotatable bonds is 3. The summed E-state index contributed by atoms with van der Waals surface area (Å²) in [4.78, 5) is 0. The van der Waals surface area contributed by atoms with Crippen molar-refractivity contribution in [3.05, 3.63) is 0 Å². The second kappa shape index (κ2) is 6.30. The Kier molecular flexibility index (Phi) is 5.10. The summed E-state index contributed by atoms with van der Waals surface area (Å²) in [6, 6.07) is 0.0929. The minimum absolute atomic E-state index is 0.0929. The summed E-state index contributed by atoms with van der Waals surface area (Å²) in [6.45, 7) is 8.76. The Labute approximate surface area is 123 Å². The third-order valence-corrected chi connectivity index (χ3v) is 6.77. The lowest BCUT2D eigenvalue weighted by Crippen LogP contribution is -2.55. The van der Waals surface area contributed by atoms with Crippen LogP contribution in [-0.4, -0.2) is 49.2 Å². The molecule has 6 heteroatoms. The maximum absolute atomic E-state index is 12.9. The van der Waals surface area contributed by atoms with E-state index in [-0.39, 0.29) is 6.04 Å². The van der Waals surface area contributed by atoms with Gasteiger partial charge in [-0.05, 0) is 50.5 Å². The third-order valence-electron chi connectivity index (χ3n) is 4.71. The van der Waals surface area contributed by atoms with E-state index in [0.29, 0.717) is 43.9 Å². The molecular weight excluding hydrogens is 274 g/mol. The van der Waals surface area contributed by atoms with Crippen molar-refractivity contribution < 1.29 is 8.42 Å². The first-order valence-electron chi connectivity index (χ1n) is 7.81. The zero-order chi connectivity index (χ0) is 14.9. The van der Waals surface area contributed by atoms with Gasteiger partial charge in [-0.15, -0.1) is 0 Å². The topological polar surface area (TPSA) is 66.6 Å². The van der Waals surface area contributed by atoms with Crippen LogP contribution in [0.4, 0.5) is 0 Å². The van der Waals surface area contributed by atoms with Crippen LogP contribution in [0.15, 0.2) is 0 Å². The second-order valence-corrected chi connectivity index (χ2v) is 8.75. The molecule has 5 nitrogen and oxygen atoms in total. The quantitative estimate of drug-likeness (QED) is 0.854. The molecule has 2 rings (SSSR count). The molecule has 0 aromatic heterocycles. The van der Waals surface area contributed by atoms with E-state index in [1.807, 2.05) is 6.92 Å². The average molecular weight is 303 g/mol. The molecule has 0 spiro atoms. The van der Waals surface area contributed by atoms with Crippen molar-refractivity contribution >= 4 is 10.2 Å². The number of hydrogen-bond acceptors (Lipinski definition) is 3. The summed E-state index contributed by atoms with van der Waals surface area (Å²) in [5.41, 5.74) is 5.74. The van der Waals surface area contributed by atoms with Gasteiger partial charge in [0.1, 0.15) is 0 Å². The van der Waals surface area contributed by atoms with Crippen molar-refractivity contribution in [3.63, 3.8) is 0 Å². The summed E-state index contributed by atoms with van der Waals surface area (Å²) < 4.78 is 29.2. The first-order valence-corrected chi connectivity index (χ1v) is 9.21. The Hall–Kier alpha value is -0.170. The Morgan fingerprint density at radius 3 is 2.20 bits per heavy atom. The summed E-state index contributed by atoms with van der Waals surface area (Å²) in [5.74, 6) is 1.19. The Balaban J connectivity index is 2.15. The molecule has 4 atom stereocenters. The number of piperidine rings is 2. The highest BCUT2D eigenvalue weighted by Gasteiger charge is 2.39. The lowest BCUT2D eigenvalue weighted by Gasteiger charge is -2.42. The normalized spacial score (nSPS) is 38.0. The van der Waals surface area contributed by atoms with Crippen LogP contribution in [0, 0.1) is 17.8 Å². The van der Waals surface area contributed by atoms with Crippen LogP contribution in [0.3, 0.4) is 0 Å². The fraction of sp³-hybridized carbons (Fsp3) is 1.00. The predicted octanol–water partition coefficient (Wildman–Crippen LogP) is 1.27. The van der Waals surface area contributed by atoms with Crippen molar-refractivity contribution in [2.45, 2.75) is 46.1 Å². The number of nitrogens with zero attached hydrogens (tertiary/aromatic N) is 2. The molecule has 0 radical (unpaired) electrons. The van der Waals surface area contributed by atoms with Gasteiger partial charge in [-0.1, -0.05) is 13.8 Å². The molecule has 2 aliphatic heterocycles. The van der Waals surface area contributed by atoms with Gasteiger partial charge in [-0.25, -0.2) is 0 Å². The van der Waals surface area contributed by atoms with E-state index in [1.54, 1.807) is 8.61 Å². The molecule has 2 N–H and O–H groups in total. The van der Waals surface area contributed by atoms with Gasteiger partial charge >= 0.3 is 0 Å². The summed E-state index contributed by atoms with van der Waals surface area (Å²) in [7, 11) is -3.33. The van der Waals surface area contributed by atoms with Crippen LogP contribution in [0.2, 0.25) is 0 Å². The SMILES string of the molecule is CC1CC(C)CN(S(=O)(=O)N2CC(CN)CCC2C)C1. The van der Waals surface area contributed by atoms with E-state index >= 15 is 0 Å².